The molecular weight excluding hydrogens is 318 g/mol. The van der Waals surface area contributed by atoms with E-state index < -0.39 is 5.97 Å². The van der Waals surface area contributed by atoms with Gasteiger partial charge in [0.25, 0.3) is 0 Å². The molecule has 0 bridgehead atoms. The van der Waals surface area contributed by atoms with E-state index in [0.717, 1.165) is 25.1 Å². The normalized spacial score (nSPS) is 19.0. The average Bonchev–Trinajstić information content (AvgIpc) is 2.48. The SMILES string of the molecule is CC(C)C[C@@H]1COCCN1Cc1cc(Cl)ccc1OCC(=O)O. The minimum Gasteiger partial charge on any atom is -0.482 e. The van der Waals surface area contributed by atoms with Crippen LogP contribution in [0.2, 0.25) is 5.02 Å². The number of morpholine rings is 1. The molecule has 1 fully saturated rings. The zero-order chi connectivity index (χ0) is 16.8. The van der Waals surface area contributed by atoms with Crippen LogP contribution in [0.25, 0.3) is 0 Å². The van der Waals surface area contributed by atoms with Gasteiger partial charge in [0.05, 0.1) is 13.2 Å². The summed E-state index contributed by atoms with van der Waals surface area (Å²) >= 11 is 6.10. The number of aliphatic carboxylic acids is 1. The van der Waals surface area contributed by atoms with Gasteiger partial charge in [-0.2, -0.15) is 0 Å². The van der Waals surface area contributed by atoms with Crippen LogP contribution in [0.4, 0.5) is 0 Å². The lowest BCUT2D eigenvalue weighted by Gasteiger charge is -2.36. The quantitative estimate of drug-likeness (QED) is 0.826. The molecule has 1 saturated heterocycles. The molecule has 0 amide bonds. The highest BCUT2D eigenvalue weighted by Crippen LogP contribution is 2.27. The van der Waals surface area contributed by atoms with Gasteiger partial charge in [-0.05, 0) is 30.5 Å². The van der Waals surface area contributed by atoms with Crippen LogP contribution in [0, 0.1) is 5.92 Å². The van der Waals surface area contributed by atoms with Gasteiger partial charge in [-0.1, -0.05) is 25.4 Å². The van der Waals surface area contributed by atoms with Crippen molar-refractivity contribution in [2.24, 2.45) is 5.92 Å². The third-order valence-electron chi connectivity index (χ3n) is 3.84. The second-order valence-corrected chi connectivity index (χ2v) is 6.70. The first-order chi connectivity index (χ1) is 11.0. The third-order valence-corrected chi connectivity index (χ3v) is 4.08. The van der Waals surface area contributed by atoms with Crippen molar-refractivity contribution in [1.29, 1.82) is 0 Å². The van der Waals surface area contributed by atoms with Crippen LogP contribution in [0.3, 0.4) is 0 Å². The van der Waals surface area contributed by atoms with Crippen molar-refractivity contribution in [3.63, 3.8) is 0 Å². The Bertz CT molecular complexity index is 535. The first kappa shape index (κ1) is 18.0. The van der Waals surface area contributed by atoms with Gasteiger partial charge in [0.15, 0.2) is 6.61 Å². The number of carbonyl (C=O) groups is 1. The third kappa shape index (κ3) is 5.68. The number of hydrogen-bond donors (Lipinski definition) is 1. The summed E-state index contributed by atoms with van der Waals surface area (Å²) < 4.78 is 11.0. The van der Waals surface area contributed by atoms with Gasteiger partial charge in [-0.15, -0.1) is 0 Å². The number of halogens is 1. The minimum atomic E-state index is -0.991. The van der Waals surface area contributed by atoms with E-state index in [4.69, 9.17) is 26.2 Å². The molecule has 1 aromatic rings. The lowest BCUT2D eigenvalue weighted by molar-refractivity contribution is -0.139. The molecule has 128 valence electrons. The van der Waals surface area contributed by atoms with Crippen LogP contribution in [0.1, 0.15) is 25.8 Å². The fourth-order valence-corrected chi connectivity index (χ4v) is 3.02. The molecule has 1 N–H and O–H groups in total. The van der Waals surface area contributed by atoms with Crippen molar-refractivity contribution in [3.05, 3.63) is 28.8 Å². The highest BCUT2D eigenvalue weighted by atomic mass is 35.5. The predicted octanol–water partition coefficient (Wildman–Crippen LogP) is 3.05. The van der Waals surface area contributed by atoms with Crippen molar-refractivity contribution >= 4 is 17.6 Å². The molecule has 5 nitrogen and oxygen atoms in total. The Morgan fingerprint density at radius 2 is 2.30 bits per heavy atom. The Labute approximate surface area is 142 Å². The van der Waals surface area contributed by atoms with Crippen molar-refractivity contribution in [2.75, 3.05) is 26.4 Å². The summed E-state index contributed by atoms with van der Waals surface area (Å²) in [6.45, 7) is 7.01. The van der Waals surface area contributed by atoms with Gasteiger partial charge in [0, 0.05) is 29.7 Å². The molecule has 23 heavy (non-hydrogen) atoms. The second-order valence-electron chi connectivity index (χ2n) is 6.26. The summed E-state index contributed by atoms with van der Waals surface area (Å²) in [7, 11) is 0. The number of rotatable bonds is 7. The van der Waals surface area contributed by atoms with E-state index in [1.807, 2.05) is 6.07 Å². The fraction of sp³-hybridized carbons (Fsp3) is 0.588. The maximum Gasteiger partial charge on any atom is 0.341 e. The van der Waals surface area contributed by atoms with Gasteiger partial charge in [-0.25, -0.2) is 4.79 Å². The van der Waals surface area contributed by atoms with Gasteiger partial charge in [-0.3, -0.25) is 4.90 Å². The standard InChI is InChI=1S/C17H24ClNO4/c1-12(2)7-15-10-22-6-5-19(15)9-13-8-14(18)3-4-16(13)23-11-17(20)21/h3-4,8,12,15H,5-7,9-11H2,1-2H3,(H,20,21)/t15-/m1/s1. The van der Waals surface area contributed by atoms with E-state index >= 15 is 0 Å². The fourth-order valence-electron chi connectivity index (χ4n) is 2.83. The molecule has 0 aromatic heterocycles. The van der Waals surface area contributed by atoms with Crippen LogP contribution in [-0.2, 0) is 16.1 Å². The molecular formula is C17H24ClNO4. The molecule has 1 aromatic carbocycles. The smallest absolute Gasteiger partial charge is 0.341 e. The number of hydrogen-bond acceptors (Lipinski definition) is 4. The van der Waals surface area contributed by atoms with Gasteiger partial charge >= 0.3 is 5.97 Å². The Balaban J connectivity index is 2.12. The summed E-state index contributed by atoms with van der Waals surface area (Å²) in [6, 6.07) is 5.65. The highest BCUT2D eigenvalue weighted by Gasteiger charge is 2.25. The molecule has 0 unspecified atom stereocenters. The molecule has 1 aliphatic rings. The van der Waals surface area contributed by atoms with Crippen molar-refractivity contribution in [1.82, 2.24) is 4.90 Å². The highest BCUT2D eigenvalue weighted by molar-refractivity contribution is 6.30. The number of carboxylic acids is 1. The van der Waals surface area contributed by atoms with Crippen LogP contribution < -0.4 is 4.74 Å². The topological polar surface area (TPSA) is 59.0 Å². The first-order valence-corrected chi connectivity index (χ1v) is 8.28. The Morgan fingerprint density at radius 3 is 3.00 bits per heavy atom. The maximum absolute atomic E-state index is 10.7. The lowest BCUT2D eigenvalue weighted by Crippen LogP contribution is -2.45. The van der Waals surface area contributed by atoms with E-state index in [9.17, 15) is 4.79 Å². The Hall–Kier alpha value is -1.30. The molecule has 1 atom stereocenters. The van der Waals surface area contributed by atoms with Crippen LogP contribution in [0.5, 0.6) is 5.75 Å². The maximum atomic E-state index is 10.7. The molecule has 0 spiro atoms. The summed E-state index contributed by atoms with van der Waals surface area (Å²) in [4.78, 5) is 13.1. The Morgan fingerprint density at radius 1 is 1.52 bits per heavy atom. The van der Waals surface area contributed by atoms with Crippen LogP contribution >= 0.6 is 11.6 Å². The molecule has 1 aliphatic heterocycles. The van der Waals surface area contributed by atoms with Gasteiger partial charge < -0.3 is 14.6 Å². The van der Waals surface area contributed by atoms with E-state index in [1.165, 1.54) is 0 Å². The van der Waals surface area contributed by atoms with Gasteiger partial charge in [0.1, 0.15) is 5.75 Å². The molecule has 0 saturated carbocycles. The van der Waals surface area contributed by atoms with E-state index in [1.54, 1.807) is 12.1 Å². The number of nitrogens with zero attached hydrogens (tertiary/aromatic N) is 1. The van der Waals surface area contributed by atoms with Crippen molar-refractivity contribution in [2.45, 2.75) is 32.9 Å². The number of carboxylic acid groups (broad SMARTS) is 1. The van der Waals surface area contributed by atoms with Crippen molar-refractivity contribution < 1.29 is 19.4 Å². The van der Waals surface area contributed by atoms with Crippen LogP contribution in [-0.4, -0.2) is 48.4 Å². The summed E-state index contributed by atoms with van der Waals surface area (Å²) in [5.74, 6) is 0.174. The lowest BCUT2D eigenvalue weighted by atomic mass is 10.0. The monoisotopic (exact) mass is 341 g/mol. The average molecular weight is 342 g/mol. The van der Waals surface area contributed by atoms with E-state index in [0.29, 0.717) is 35.9 Å². The zero-order valence-electron chi connectivity index (χ0n) is 13.6. The summed E-state index contributed by atoms with van der Waals surface area (Å²) in [5.41, 5.74) is 0.911. The van der Waals surface area contributed by atoms with Crippen molar-refractivity contribution in [3.8, 4) is 5.75 Å². The molecule has 0 aliphatic carbocycles. The van der Waals surface area contributed by atoms with E-state index in [-0.39, 0.29) is 6.61 Å². The minimum absolute atomic E-state index is 0.354. The molecule has 6 heteroatoms. The van der Waals surface area contributed by atoms with Gasteiger partial charge in [0.2, 0.25) is 0 Å². The van der Waals surface area contributed by atoms with Crippen LogP contribution in [0.15, 0.2) is 18.2 Å². The predicted molar refractivity (Wildman–Crippen MR) is 89.1 cm³/mol. The molecule has 2 rings (SSSR count). The van der Waals surface area contributed by atoms with E-state index in [2.05, 4.69) is 18.7 Å². The number of ether oxygens (including phenoxy) is 2. The summed E-state index contributed by atoms with van der Waals surface area (Å²) in [5, 5.41) is 9.43. The molecule has 1 heterocycles. The summed E-state index contributed by atoms with van der Waals surface area (Å²) in [6.07, 6.45) is 1.06. The zero-order valence-corrected chi connectivity index (χ0v) is 14.4. The first-order valence-electron chi connectivity index (χ1n) is 7.90. The largest absolute Gasteiger partial charge is 0.482 e. The number of benzene rings is 1. The Kier molecular flexibility index (Phi) is 6.69. The molecule has 0 radical (unpaired) electrons. The second kappa shape index (κ2) is 8.52.